The van der Waals surface area contributed by atoms with Gasteiger partial charge in [0.2, 0.25) is 5.88 Å². The van der Waals surface area contributed by atoms with E-state index in [1.54, 1.807) is 0 Å². The number of amides is 1. The number of fused-ring (bicyclic) bond motifs is 1. The Labute approximate surface area is 200 Å². The van der Waals surface area contributed by atoms with Crippen LogP contribution in [-0.2, 0) is 4.79 Å². The van der Waals surface area contributed by atoms with E-state index in [1.165, 1.54) is 10.6 Å². The first-order chi connectivity index (χ1) is 16.7. The molecule has 0 fully saturated rings. The second-order valence-corrected chi connectivity index (χ2v) is 8.38. The topological polar surface area (TPSA) is 45.1 Å². The maximum absolute atomic E-state index is 13.1. The predicted octanol–water partition coefficient (Wildman–Crippen LogP) is 6.54. The SMILES string of the molecule is CCCCN1/C(=C/C=C2/C(=O)N(c3ccccc3)N=C2C)Oc2ccc(-c3ccccc3)cc21. The van der Waals surface area contributed by atoms with Crippen LogP contribution in [0.4, 0.5) is 11.4 Å². The number of allylic oxidation sites excluding steroid dienone is 2. The van der Waals surface area contributed by atoms with Crippen molar-refractivity contribution in [3.63, 3.8) is 0 Å². The van der Waals surface area contributed by atoms with E-state index in [4.69, 9.17) is 4.74 Å². The molecule has 5 rings (SSSR count). The molecule has 2 aliphatic heterocycles. The van der Waals surface area contributed by atoms with Gasteiger partial charge < -0.3 is 9.64 Å². The smallest absolute Gasteiger partial charge is 0.280 e. The van der Waals surface area contributed by atoms with Crippen molar-refractivity contribution in [2.24, 2.45) is 5.10 Å². The maximum atomic E-state index is 13.1. The highest BCUT2D eigenvalue weighted by molar-refractivity contribution is 6.29. The number of para-hydroxylation sites is 1. The van der Waals surface area contributed by atoms with Gasteiger partial charge in [-0.3, -0.25) is 4.79 Å². The Balaban J connectivity index is 1.45. The lowest BCUT2D eigenvalue weighted by Gasteiger charge is -2.18. The molecule has 170 valence electrons. The molecule has 0 aliphatic carbocycles. The fraction of sp³-hybridized carbons (Fsp3) is 0.172. The summed E-state index contributed by atoms with van der Waals surface area (Å²) in [5.74, 6) is 1.41. The van der Waals surface area contributed by atoms with Gasteiger partial charge in [-0.1, -0.05) is 67.9 Å². The fourth-order valence-electron chi connectivity index (χ4n) is 4.19. The molecule has 0 spiro atoms. The number of carbonyl (C=O) groups is 1. The lowest BCUT2D eigenvalue weighted by Crippen LogP contribution is -2.22. The lowest BCUT2D eigenvalue weighted by molar-refractivity contribution is -0.114. The highest BCUT2D eigenvalue weighted by Gasteiger charge is 2.30. The molecule has 0 saturated heterocycles. The summed E-state index contributed by atoms with van der Waals surface area (Å²) in [7, 11) is 0. The van der Waals surface area contributed by atoms with Crippen molar-refractivity contribution < 1.29 is 9.53 Å². The largest absolute Gasteiger partial charge is 0.439 e. The Kier molecular flexibility index (Phi) is 6.00. The van der Waals surface area contributed by atoms with Gasteiger partial charge in [-0.05, 0) is 60.9 Å². The van der Waals surface area contributed by atoms with Gasteiger partial charge in [0.25, 0.3) is 5.91 Å². The van der Waals surface area contributed by atoms with Crippen LogP contribution in [0.15, 0.2) is 108 Å². The molecule has 3 aromatic carbocycles. The number of hydrogen-bond acceptors (Lipinski definition) is 4. The molecule has 2 aliphatic rings. The van der Waals surface area contributed by atoms with Crippen molar-refractivity contribution in [3.05, 3.63) is 102 Å². The Morgan fingerprint density at radius 1 is 0.912 bits per heavy atom. The van der Waals surface area contributed by atoms with E-state index >= 15 is 0 Å². The van der Waals surface area contributed by atoms with Crippen LogP contribution in [0.3, 0.4) is 0 Å². The van der Waals surface area contributed by atoms with Gasteiger partial charge >= 0.3 is 0 Å². The average molecular weight is 450 g/mol. The van der Waals surface area contributed by atoms with E-state index in [0.717, 1.165) is 48.0 Å². The Bertz CT molecular complexity index is 1290. The van der Waals surface area contributed by atoms with Crippen molar-refractivity contribution in [2.75, 3.05) is 16.5 Å². The van der Waals surface area contributed by atoms with E-state index in [1.807, 2.05) is 73.7 Å². The lowest BCUT2D eigenvalue weighted by atomic mass is 10.0. The number of hydrazone groups is 1. The van der Waals surface area contributed by atoms with E-state index < -0.39 is 0 Å². The molecule has 0 saturated carbocycles. The molecule has 0 atom stereocenters. The molecular formula is C29H27N3O2. The van der Waals surface area contributed by atoms with Gasteiger partial charge in [0.05, 0.1) is 22.7 Å². The number of nitrogens with zero attached hydrogens (tertiary/aromatic N) is 3. The number of ether oxygens (including phenoxy) is 1. The number of hydrogen-bond donors (Lipinski definition) is 0. The quantitative estimate of drug-likeness (QED) is 0.401. The summed E-state index contributed by atoms with van der Waals surface area (Å²) in [4.78, 5) is 15.3. The zero-order chi connectivity index (χ0) is 23.5. The van der Waals surface area contributed by atoms with Crippen molar-refractivity contribution in [1.82, 2.24) is 0 Å². The molecule has 3 aromatic rings. The minimum atomic E-state index is -0.137. The first-order valence-electron chi connectivity index (χ1n) is 11.7. The van der Waals surface area contributed by atoms with Crippen LogP contribution in [0.2, 0.25) is 0 Å². The van der Waals surface area contributed by atoms with Crippen LogP contribution < -0.4 is 14.6 Å². The molecule has 5 heteroatoms. The fourth-order valence-corrected chi connectivity index (χ4v) is 4.19. The molecule has 34 heavy (non-hydrogen) atoms. The number of benzene rings is 3. The third-order valence-corrected chi connectivity index (χ3v) is 6.03. The molecule has 0 unspecified atom stereocenters. The van der Waals surface area contributed by atoms with Crippen LogP contribution in [0, 0.1) is 0 Å². The molecule has 5 nitrogen and oxygen atoms in total. The summed E-state index contributed by atoms with van der Waals surface area (Å²) >= 11 is 0. The highest BCUT2D eigenvalue weighted by Crippen LogP contribution is 2.42. The van der Waals surface area contributed by atoms with E-state index in [0.29, 0.717) is 11.3 Å². The first-order valence-corrected chi connectivity index (χ1v) is 11.7. The molecule has 0 aromatic heterocycles. The predicted molar refractivity (Wildman–Crippen MR) is 138 cm³/mol. The first kappa shape index (κ1) is 21.7. The average Bonchev–Trinajstić information content (AvgIpc) is 3.37. The summed E-state index contributed by atoms with van der Waals surface area (Å²) in [6.45, 7) is 4.88. The zero-order valence-corrected chi connectivity index (χ0v) is 19.4. The van der Waals surface area contributed by atoms with Crippen LogP contribution in [0.25, 0.3) is 11.1 Å². The molecule has 0 bridgehead atoms. The van der Waals surface area contributed by atoms with Gasteiger partial charge in [0.15, 0.2) is 5.75 Å². The minimum absolute atomic E-state index is 0.137. The summed E-state index contributed by atoms with van der Waals surface area (Å²) in [6, 6.07) is 26.1. The standard InChI is InChI=1S/C29H27N3O2/c1-3-4-19-31-26-20-23(22-11-7-5-8-12-22)15-17-27(26)34-28(31)18-16-25-21(2)30-32(29(25)33)24-13-9-6-10-14-24/h5-18,20H,3-4,19H2,1-2H3/b25-16+,28-18-. The van der Waals surface area contributed by atoms with Gasteiger partial charge in [0, 0.05) is 6.54 Å². The maximum Gasteiger partial charge on any atom is 0.280 e. The molecule has 0 radical (unpaired) electrons. The number of unbranched alkanes of at least 4 members (excludes halogenated alkanes) is 1. The van der Waals surface area contributed by atoms with Crippen LogP contribution in [0.5, 0.6) is 5.75 Å². The summed E-state index contributed by atoms with van der Waals surface area (Å²) < 4.78 is 6.23. The summed E-state index contributed by atoms with van der Waals surface area (Å²) in [5, 5.41) is 5.92. The molecular weight excluding hydrogens is 422 g/mol. The number of anilines is 2. The van der Waals surface area contributed by atoms with Gasteiger partial charge in [-0.25, -0.2) is 0 Å². The van der Waals surface area contributed by atoms with Gasteiger partial charge in [0.1, 0.15) is 0 Å². The number of rotatable bonds is 6. The Morgan fingerprint density at radius 3 is 2.38 bits per heavy atom. The van der Waals surface area contributed by atoms with Crippen molar-refractivity contribution >= 4 is 23.0 Å². The van der Waals surface area contributed by atoms with Crippen LogP contribution in [-0.4, -0.2) is 18.2 Å². The van der Waals surface area contributed by atoms with Crippen molar-refractivity contribution in [2.45, 2.75) is 26.7 Å². The zero-order valence-electron chi connectivity index (χ0n) is 19.4. The van der Waals surface area contributed by atoms with E-state index in [-0.39, 0.29) is 5.91 Å². The van der Waals surface area contributed by atoms with E-state index in [2.05, 4.69) is 41.2 Å². The van der Waals surface area contributed by atoms with Gasteiger partial charge in [-0.15, -0.1) is 0 Å². The Hall–Kier alpha value is -4.12. The van der Waals surface area contributed by atoms with Crippen molar-refractivity contribution in [1.29, 1.82) is 0 Å². The summed E-state index contributed by atoms with van der Waals surface area (Å²) in [6.07, 6.45) is 5.82. The van der Waals surface area contributed by atoms with Crippen LogP contribution in [0.1, 0.15) is 26.7 Å². The summed E-state index contributed by atoms with van der Waals surface area (Å²) in [5.41, 5.74) is 5.38. The minimum Gasteiger partial charge on any atom is -0.439 e. The Morgan fingerprint density at radius 2 is 1.65 bits per heavy atom. The van der Waals surface area contributed by atoms with Gasteiger partial charge in [-0.2, -0.15) is 10.1 Å². The molecule has 0 N–H and O–H groups in total. The van der Waals surface area contributed by atoms with E-state index in [9.17, 15) is 4.79 Å². The number of carbonyl (C=O) groups excluding carboxylic acids is 1. The van der Waals surface area contributed by atoms with Crippen LogP contribution >= 0.6 is 0 Å². The normalized spacial score (nSPS) is 17.4. The third-order valence-electron chi connectivity index (χ3n) is 6.03. The third kappa shape index (κ3) is 4.13. The second-order valence-electron chi connectivity index (χ2n) is 8.38. The molecule has 1 amide bonds. The second kappa shape index (κ2) is 9.40. The van der Waals surface area contributed by atoms with Crippen molar-refractivity contribution in [3.8, 4) is 16.9 Å². The monoisotopic (exact) mass is 449 g/mol. The highest BCUT2D eigenvalue weighted by atomic mass is 16.5. The molecule has 2 heterocycles.